The third-order valence-electron chi connectivity index (χ3n) is 12.6. The predicted molar refractivity (Wildman–Crippen MR) is 276 cm³/mol. The Kier molecular flexibility index (Phi) is 23.5. The highest BCUT2D eigenvalue weighted by atomic mass is 19.3. The van der Waals surface area contributed by atoms with Gasteiger partial charge in [0.15, 0.2) is 12.2 Å². The third-order valence-corrected chi connectivity index (χ3v) is 12.6. The summed E-state index contributed by atoms with van der Waals surface area (Å²) >= 11 is 0. The zero-order valence-electron chi connectivity index (χ0n) is 46.4. The number of aliphatic hydroxyl groups is 4. The molecule has 0 aromatic carbocycles. The molecule has 2 aromatic rings. The van der Waals surface area contributed by atoms with E-state index in [0.717, 1.165) is 24.5 Å². The van der Waals surface area contributed by atoms with Gasteiger partial charge in [0.2, 0.25) is 53.8 Å². The van der Waals surface area contributed by atoms with Crippen LogP contribution in [-0.4, -0.2) is 191 Å². The van der Waals surface area contributed by atoms with Crippen LogP contribution >= 0.6 is 0 Å². The first-order valence-electron chi connectivity index (χ1n) is 26.0. The molecule has 0 spiro atoms. The van der Waals surface area contributed by atoms with Crippen LogP contribution < -0.4 is 48.6 Å². The third kappa shape index (κ3) is 17.9. The molecule has 2 aliphatic rings. The number of carbonyl (C=O) groups is 8. The Balaban J connectivity index is 1.36. The van der Waals surface area contributed by atoms with Crippen LogP contribution in [-0.2, 0) is 47.8 Å². The molecule has 82 heavy (non-hydrogen) atoms. The highest BCUT2D eigenvalue weighted by Crippen LogP contribution is 2.43. The average Bonchev–Trinajstić information content (AvgIpc) is 3.77. The molecule has 0 aliphatic carbocycles. The van der Waals surface area contributed by atoms with Crippen molar-refractivity contribution < 1.29 is 90.6 Å². The number of hydrogen-bond donors (Lipinski definition) is 11. The number of nitrogens with zero attached hydrogens (tertiary/aromatic N) is 5. The maximum Gasteiger partial charge on any atom is 0.407 e. The van der Waals surface area contributed by atoms with Gasteiger partial charge < -0.3 is 76.8 Å². The molecular formula is C49H72F4N12O17. The van der Waals surface area contributed by atoms with E-state index in [1.165, 1.54) is 18.7 Å². The lowest BCUT2D eigenvalue weighted by Gasteiger charge is -2.26. The van der Waals surface area contributed by atoms with Crippen molar-refractivity contribution in [1.29, 1.82) is 0 Å². The average molecular weight is 1180 g/mol. The van der Waals surface area contributed by atoms with E-state index in [2.05, 4.69) is 47.2 Å². The summed E-state index contributed by atoms with van der Waals surface area (Å²) in [6.07, 6.45) is -12.9. The van der Waals surface area contributed by atoms with Crippen molar-refractivity contribution in [2.24, 2.45) is 11.8 Å². The van der Waals surface area contributed by atoms with Gasteiger partial charge in [-0.05, 0) is 65.0 Å². The molecule has 11 N–H and O–H groups in total. The van der Waals surface area contributed by atoms with Gasteiger partial charge in [0.05, 0.1) is 13.2 Å². The van der Waals surface area contributed by atoms with E-state index in [4.69, 9.17) is 14.2 Å². The lowest BCUT2D eigenvalue weighted by Crippen LogP contribution is -2.54. The van der Waals surface area contributed by atoms with E-state index in [-0.39, 0.29) is 32.5 Å². The number of hydrogen-bond acceptors (Lipinski definition) is 19. The number of alkyl carbamates (subject to hydrolysis) is 1. The normalized spacial score (nSPS) is 21.5. The predicted octanol–water partition coefficient (Wildman–Crippen LogP) is -1.65. The number of nitrogens with one attached hydrogen (secondary N) is 7. The summed E-state index contributed by atoms with van der Waals surface area (Å²) in [5, 5.41) is 55.2. The van der Waals surface area contributed by atoms with Crippen LogP contribution in [0, 0.1) is 11.8 Å². The second-order valence-electron chi connectivity index (χ2n) is 21.1. The molecule has 2 fully saturated rings. The first kappa shape index (κ1) is 67.3. The first-order chi connectivity index (χ1) is 38.1. The molecule has 0 radical (unpaired) electrons. The summed E-state index contributed by atoms with van der Waals surface area (Å²) in [6.45, 7) is 11.3. The van der Waals surface area contributed by atoms with Crippen molar-refractivity contribution in [1.82, 2.24) is 50.6 Å². The minimum atomic E-state index is -3.99. The molecule has 2 aromatic heterocycles. The summed E-state index contributed by atoms with van der Waals surface area (Å²) in [5.41, 5.74) is -3.43. The summed E-state index contributed by atoms with van der Waals surface area (Å²) in [6, 6.07) is -3.25. The molecule has 2 saturated heterocycles. The molecule has 2 aliphatic heterocycles. The highest BCUT2D eigenvalue weighted by Gasteiger charge is 2.60. The van der Waals surface area contributed by atoms with Crippen LogP contribution in [0.3, 0.4) is 0 Å². The van der Waals surface area contributed by atoms with E-state index in [1.807, 2.05) is 0 Å². The number of halogens is 4. The summed E-state index contributed by atoms with van der Waals surface area (Å²) in [7, 11) is 0. The number of carbonyl (C=O) groups excluding carboxylic acids is 8. The number of rotatable bonds is 26. The number of aromatic nitrogens is 4. The molecule has 458 valence electrons. The smallest absolute Gasteiger partial charge is 0.407 e. The van der Waals surface area contributed by atoms with E-state index >= 15 is 0 Å². The fourth-order valence-corrected chi connectivity index (χ4v) is 8.06. The molecule has 0 saturated carbocycles. The van der Waals surface area contributed by atoms with Crippen molar-refractivity contribution in [3.8, 4) is 0 Å². The van der Waals surface area contributed by atoms with Crippen LogP contribution in [0.25, 0.3) is 0 Å². The van der Waals surface area contributed by atoms with Gasteiger partial charge in [-0.3, -0.25) is 42.7 Å². The summed E-state index contributed by atoms with van der Waals surface area (Å²) in [4.78, 5) is 139. The Morgan fingerprint density at radius 1 is 0.659 bits per heavy atom. The van der Waals surface area contributed by atoms with Crippen molar-refractivity contribution in [2.75, 3.05) is 43.5 Å². The van der Waals surface area contributed by atoms with Crippen molar-refractivity contribution >= 4 is 59.1 Å². The highest BCUT2D eigenvalue weighted by molar-refractivity contribution is 5.98. The van der Waals surface area contributed by atoms with E-state index < -0.39 is 187 Å². The number of ether oxygens (including phenoxy) is 3. The summed E-state index contributed by atoms with van der Waals surface area (Å²) < 4.78 is 74.4. The maximum atomic E-state index is 14.6. The van der Waals surface area contributed by atoms with Crippen LogP contribution in [0.5, 0.6) is 0 Å². The molecule has 0 unspecified atom stereocenters. The van der Waals surface area contributed by atoms with Gasteiger partial charge in [-0.2, -0.15) is 27.5 Å². The maximum absolute atomic E-state index is 14.6. The Hall–Kier alpha value is -7.20. The SMILES string of the molecule is CC(C)[C@H](NC(=O)CCN(CCC(=O)N[C@H](C(=O)N[C@@H](C)C(=O)Nc1ccn([C@@H]2O[C@H](CO)[C@@H](O)C2(F)F)c(=O)n1)C(C)C)C(=O)CCCNC(=O)OC(C)(C)C)C(=O)N[C@@H](C)C(=O)Nc1ccn([C@@H]2O[C@H](CO)[C@@H](O)C2(F)F)c(=O)n1. The lowest BCUT2D eigenvalue weighted by atomic mass is 10.0. The van der Waals surface area contributed by atoms with Crippen molar-refractivity contribution in [3.05, 3.63) is 45.5 Å². The van der Waals surface area contributed by atoms with Gasteiger partial charge in [0, 0.05) is 51.3 Å². The van der Waals surface area contributed by atoms with E-state index in [9.17, 15) is 85.9 Å². The number of anilines is 2. The number of alkyl halides is 4. The van der Waals surface area contributed by atoms with Gasteiger partial charge in [-0.1, -0.05) is 27.7 Å². The standard InChI is InChI=1S/C49H72F4N12O17/c1-23(2)34(40(75)55-25(5)38(73)57-29-12-19-64(44(77)59-29)42-48(50,51)36(71)27(21-66)80-42)61-31(68)14-17-63(33(70)11-10-16-54-46(79)82-47(7,8)9)18-15-32(69)62-35(24(3)4)41(76)56-26(6)39(74)58-30-13-20-65(45(78)60-30)43-49(52,53)37(72)28(22-67)81-43/h12-13,19-20,23-28,34-37,42-43,66-67,71-72H,10-11,14-18,21-22H2,1-9H3,(H,54,79)(H,55,75)(H,56,76)(H,61,68)(H,62,69)(H,57,59,73,77)(H,58,60,74,78)/t25-,26-,27+,28+,34-,35-,36+,37+,42+,43+/m0/s1. The second kappa shape index (κ2) is 28.7. The number of amides is 8. The van der Waals surface area contributed by atoms with Crippen LogP contribution in [0.1, 0.15) is 100 Å². The van der Waals surface area contributed by atoms with Gasteiger partial charge in [0.25, 0.3) is 0 Å². The fourth-order valence-electron chi connectivity index (χ4n) is 8.06. The zero-order valence-corrected chi connectivity index (χ0v) is 46.4. The molecule has 0 bridgehead atoms. The van der Waals surface area contributed by atoms with Crippen LogP contribution in [0.2, 0.25) is 0 Å². The minimum absolute atomic E-state index is 0.00692. The lowest BCUT2D eigenvalue weighted by molar-refractivity contribution is -0.141. The van der Waals surface area contributed by atoms with Crippen LogP contribution in [0.15, 0.2) is 34.1 Å². The van der Waals surface area contributed by atoms with Crippen molar-refractivity contribution in [2.45, 2.75) is 166 Å². The molecule has 8 amide bonds. The largest absolute Gasteiger partial charge is 0.444 e. The van der Waals surface area contributed by atoms with Gasteiger partial charge in [-0.15, -0.1) is 0 Å². The molecular weight excluding hydrogens is 1100 g/mol. The molecule has 29 nitrogen and oxygen atoms in total. The molecule has 4 heterocycles. The zero-order chi connectivity index (χ0) is 61.8. The minimum Gasteiger partial charge on any atom is -0.444 e. The Morgan fingerprint density at radius 2 is 1.05 bits per heavy atom. The number of aliphatic hydroxyl groups excluding tert-OH is 4. The van der Waals surface area contributed by atoms with Gasteiger partial charge in [-0.25, -0.2) is 14.4 Å². The summed E-state index contributed by atoms with van der Waals surface area (Å²) in [5.74, 6) is -15.5. The molecule has 10 atom stereocenters. The second-order valence-corrected chi connectivity index (χ2v) is 21.1. The van der Waals surface area contributed by atoms with E-state index in [1.54, 1.807) is 48.5 Å². The van der Waals surface area contributed by atoms with Crippen molar-refractivity contribution in [3.63, 3.8) is 0 Å². The Morgan fingerprint density at radius 3 is 1.38 bits per heavy atom. The van der Waals surface area contributed by atoms with Gasteiger partial charge in [0.1, 0.15) is 53.6 Å². The molecule has 33 heteroatoms. The Bertz CT molecular complexity index is 2590. The Labute approximate surface area is 466 Å². The first-order valence-corrected chi connectivity index (χ1v) is 26.0. The monoisotopic (exact) mass is 1180 g/mol. The molecule has 4 rings (SSSR count). The van der Waals surface area contributed by atoms with Gasteiger partial charge >= 0.3 is 29.3 Å². The topological polar surface area (TPSA) is 402 Å². The van der Waals surface area contributed by atoms with Crippen LogP contribution in [0.4, 0.5) is 34.0 Å². The van der Waals surface area contributed by atoms with E-state index in [0.29, 0.717) is 9.13 Å². The fraction of sp³-hybridized carbons (Fsp3) is 0.673. The quantitative estimate of drug-likeness (QED) is 0.0371.